The van der Waals surface area contributed by atoms with E-state index >= 15 is 0 Å². The third kappa shape index (κ3) is 2.71. The highest BCUT2D eigenvalue weighted by atomic mass is 16.5. The molecule has 3 nitrogen and oxygen atoms in total. The van der Waals surface area contributed by atoms with Crippen LogP contribution < -0.4 is 10.1 Å². The number of aromatic nitrogens is 1. The zero-order chi connectivity index (χ0) is 12.1. The smallest absolute Gasteiger partial charge is 0.168 e. The molecule has 0 saturated heterocycles. The van der Waals surface area contributed by atoms with Crippen molar-refractivity contribution >= 4 is 5.82 Å². The maximum absolute atomic E-state index is 5.30. The Morgan fingerprint density at radius 2 is 2.18 bits per heavy atom. The lowest BCUT2D eigenvalue weighted by molar-refractivity contribution is 0.306. The summed E-state index contributed by atoms with van der Waals surface area (Å²) < 4.78 is 5.30. The first-order valence-electron chi connectivity index (χ1n) is 6.52. The van der Waals surface area contributed by atoms with E-state index in [2.05, 4.69) is 17.2 Å². The third-order valence-corrected chi connectivity index (χ3v) is 4.04. The van der Waals surface area contributed by atoms with E-state index in [0.29, 0.717) is 5.41 Å². The molecule has 0 bridgehead atoms. The average Bonchev–Trinajstić information content (AvgIpc) is 2.86. The standard InChI is InChI=1S/C14H22N2O/c1-3-14(8-4-5-9-14)11-16-13-12(17-2)7-6-10-15-13/h6-7,10H,3-5,8-9,11H2,1-2H3,(H,15,16). The van der Waals surface area contributed by atoms with Crippen molar-refractivity contribution in [3.8, 4) is 5.75 Å². The molecule has 1 heterocycles. The molecule has 94 valence electrons. The van der Waals surface area contributed by atoms with E-state index in [1.807, 2.05) is 12.1 Å². The van der Waals surface area contributed by atoms with Crippen LogP contribution in [-0.4, -0.2) is 18.6 Å². The molecule has 17 heavy (non-hydrogen) atoms. The first-order chi connectivity index (χ1) is 8.29. The Morgan fingerprint density at radius 1 is 1.41 bits per heavy atom. The highest BCUT2D eigenvalue weighted by molar-refractivity contribution is 5.49. The van der Waals surface area contributed by atoms with Gasteiger partial charge in [-0.2, -0.15) is 0 Å². The number of anilines is 1. The Bertz CT molecular complexity index is 359. The molecule has 0 atom stereocenters. The van der Waals surface area contributed by atoms with Crippen LogP contribution in [0.25, 0.3) is 0 Å². The fraction of sp³-hybridized carbons (Fsp3) is 0.643. The van der Waals surface area contributed by atoms with Gasteiger partial charge in [-0.05, 0) is 36.8 Å². The fourth-order valence-corrected chi connectivity index (χ4v) is 2.74. The topological polar surface area (TPSA) is 34.2 Å². The van der Waals surface area contributed by atoms with Gasteiger partial charge in [0.1, 0.15) is 0 Å². The average molecular weight is 234 g/mol. The first kappa shape index (κ1) is 12.2. The van der Waals surface area contributed by atoms with Crippen molar-refractivity contribution in [3.63, 3.8) is 0 Å². The fourth-order valence-electron chi connectivity index (χ4n) is 2.74. The molecule has 0 amide bonds. The Kier molecular flexibility index (Phi) is 3.87. The summed E-state index contributed by atoms with van der Waals surface area (Å²) in [7, 11) is 1.69. The van der Waals surface area contributed by atoms with Crippen molar-refractivity contribution in [2.45, 2.75) is 39.0 Å². The maximum Gasteiger partial charge on any atom is 0.168 e. The van der Waals surface area contributed by atoms with Gasteiger partial charge in [0.05, 0.1) is 7.11 Å². The molecule has 1 aromatic rings. The first-order valence-corrected chi connectivity index (χ1v) is 6.52. The minimum absolute atomic E-state index is 0.475. The van der Waals surface area contributed by atoms with E-state index in [0.717, 1.165) is 18.1 Å². The molecular weight excluding hydrogens is 212 g/mol. The largest absolute Gasteiger partial charge is 0.493 e. The zero-order valence-corrected chi connectivity index (χ0v) is 10.8. The summed E-state index contributed by atoms with van der Waals surface area (Å²) >= 11 is 0. The molecular formula is C14H22N2O. The Morgan fingerprint density at radius 3 is 2.82 bits per heavy atom. The van der Waals surface area contributed by atoms with Gasteiger partial charge < -0.3 is 10.1 Å². The Balaban J connectivity index is 2.01. The Labute approximate surface area is 104 Å². The van der Waals surface area contributed by atoms with Crippen LogP contribution in [0.5, 0.6) is 5.75 Å². The van der Waals surface area contributed by atoms with Gasteiger partial charge >= 0.3 is 0 Å². The van der Waals surface area contributed by atoms with Gasteiger partial charge in [-0.15, -0.1) is 0 Å². The molecule has 0 aromatic carbocycles. The molecule has 0 radical (unpaired) electrons. The summed E-state index contributed by atoms with van der Waals surface area (Å²) in [5, 5.41) is 3.46. The van der Waals surface area contributed by atoms with Crippen molar-refractivity contribution in [2.24, 2.45) is 5.41 Å². The number of rotatable bonds is 5. The highest BCUT2D eigenvalue weighted by Gasteiger charge is 2.31. The van der Waals surface area contributed by atoms with Crippen molar-refractivity contribution in [3.05, 3.63) is 18.3 Å². The van der Waals surface area contributed by atoms with Crippen LogP contribution in [0.1, 0.15) is 39.0 Å². The number of hydrogen-bond acceptors (Lipinski definition) is 3. The van der Waals surface area contributed by atoms with Crippen LogP contribution in [0.2, 0.25) is 0 Å². The van der Waals surface area contributed by atoms with Gasteiger partial charge in [0.15, 0.2) is 11.6 Å². The second-order valence-corrected chi connectivity index (χ2v) is 4.97. The van der Waals surface area contributed by atoms with Crippen LogP contribution in [0.15, 0.2) is 18.3 Å². The molecule has 0 unspecified atom stereocenters. The monoisotopic (exact) mass is 234 g/mol. The van der Waals surface area contributed by atoms with E-state index < -0.39 is 0 Å². The lowest BCUT2D eigenvalue weighted by Gasteiger charge is -2.28. The van der Waals surface area contributed by atoms with Gasteiger partial charge in [-0.25, -0.2) is 4.98 Å². The van der Waals surface area contributed by atoms with Crippen molar-refractivity contribution < 1.29 is 4.74 Å². The third-order valence-electron chi connectivity index (χ3n) is 4.04. The molecule has 1 aliphatic rings. The molecule has 0 spiro atoms. The summed E-state index contributed by atoms with van der Waals surface area (Å²) in [5.74, 6) is 1.70. The lowest BCUT2D eigenvalue weighted by Crippen LogP contribution is -2.26. The van der Waals surface area contributed by atoms with Crippen LogP contribution in [-0.2, 0) is 0 Å². The normalized spacial score (nSPS) is 18.0. The number of nitrogens with one attached hydrogen (secondary N) is 1. The summed E-state index contributed by atoms with van der Waals surface area (Å²) in [6, 6.07) is 3.85. The number of pyridine rings is 1. The summed E-state index contributed by atoms with van der Waals surface area (Å²) in [4.78, 5) is 4.34. The summed E-state index contributed by atoms with van der Waals surface area (Å²) in [6.07, 6.45) is 8.47. The second kappa shape index (κ2) is 5.39. The summed E-state index contributed by atoms with van der Waals surface area (Å²) in [5.41, 5.74) is 0.475. The predicted molar refractivity (Wildman–Crippen MR) is 70.5 cm³/mol. The molecule has 1 aromatic heterocycles. The highest BCUT2D eigenvalue weighted by Crippen LogP contribution is 2.41. The molecule has 3 heteroatoms. The molecule has 1 saturated carbocycles. The van der Waals surface area contributed by atoms with Crippen LogP contribution in [0.4, 0.5) is 5.82 Å². The van der Waals surface area contributed by atoms with Crippen molar-refractivity contribution in [2.75, 3.05) is 19.0 Å². The maximum atomic E-state index is 5.30. The lowest BCUT2D eigenvalue weighted by atomic mass is 9.83. The van der Waals surface area contributed by atoms with E-state index in [9.17, 15) is 0 Å². The number of methoxy groups -OCH3 is 1. The van der Waals surface area contributed by atoms with Gasteiger partial charge in [0.2, 0.25) is 0 Å². The number of hydrogen-bond donors (Lipinski definition) is 1. The van der Waals surface area contributed by atoms with E-state index in [1.165, 1.54) is 32.1 Å². The van der Waals surface area contributed by atoms with Gasteiger partial charge in [-0.1, -0.05) is 19.8 Å². The van der Waals surface area contributed by atoms with Crippen LogP contribution in [0, 0.1) is 5.41 Å². The van der Waals surface area contributed by atoms with Gasteiger partial charge in [0.25, 0.3) is 0 Å². The second-order valence-electron chi connectivity index (χ2n) is 4.97. The molecule has 2 rings (SSSR count). The quantitative estimate of drug-likeness (QED) is 0.847. The minimum Gasteiger partial charge on any atom is -0.493 e. The van der Waals surface area contributed by atoms with Crippen LogP contribution >= 0.6 is 0 Å². The summed E-state index contributed by atoms with van der Waals surface area (Å²) in [6.45, 7) is 3.31. The Hall–Kier alpha value is -1.25. The molecule has 1 N–H and O–H groups in total. The molecule has 0 aliphatic heterocycles. The van der Waals surface area contributed by atoms with E-state index in [-0.39, 0.29) is 0 Å². The van der Waals surface area contributed by atoms with Gasteiger partial charge in [-0.3, -0.25) is 0 Å². The number of ether oxygens (including phenoxy) is 1. The zero-order valence-electron chi connectivity index (χ0n) is 10.8. The molecule has 1 aliphatic carbocycles. The van der Waals surface area contributed by atoms with Gasteiger partial charge in [0, 0.05) is 12.7 Å². The molecule has 1 fully saturated rings. The van der Waals surface area contributed by atoms with Crippen molar-refractivity contribution in [1.29, 1.82) is 0 Å². The van der Waals surface area contributed by atoms with E-state index in [1.54, 1.807) is 13.3 Å². The minimum atomic E-state index is 0.475. The SMILES string of the molecule is CCC1(CNc2ncccc2OC)CCCC1. The number of nitrogens with zero attached hydrogens (tertiary/aromatic N) is 1. The predicted octanol–water partition coefficient (Wildman–Crippen LogP) is 3.47. The van der Waals surface area contributed by atoms with E-state index in [4.69, 9.17) is 4.74 Å². The van der Waals surface area contributed by atoms with Crippen LogP contribution in [0.3, 0.4) is 0 Å². The van der Waals surface area contributed by atoms with Crippen molar-refractivity contribution in [1.82, 2.24) is 4.98 Å².